The molecule has 0 spiro atoms. The van der Waals surface area contributed by atoms with E-state index in [0.717, 1.165) is 22.4 Å². The Balaban J connectivity index is 2.20. The summed E-state index contributed by atoms with van der Waals surface area (Å²) in [7, 11) is 1.63. The molecule has 0 amide bonds. The van der Waals surface area contributed by atoms with Crippen molar-refractivity contribution in [2.45, 2.75) is 0 Å². The lowest BCUT2D eigenvalue weighted by molar-refractivity contribution is 0.415. The zero-order valence-corrected chi connectivity index (χ0v) is 11.0. The fourth-order valence-electron chi connectivity index (χ4n) is 2.10. The van der Waals surface area contributed by atoms with Crippen molar-refractivity contribution >= 4 is 22.5 Å². The number of fused-ring (bicyclic) bond motifs is 1. The van der Waals surface area contributed by atoms with Crippen molar-refractivity contribution in [1.82, 2.24) is 9.97 Å². The zero-order valence-electron chi connectivity index (χ0n) is 11.0. The number of nitrogens with two attached hydrogens (primary N) is 2. The average molecular weight is 266 g/mol. The Labute approximate surface area is 116 Å². The van der Waals surface area contributed by atoms with Gasteiger partial charge in [-0.3, -0.25) is 4.98 Å². The molecule has 0 bridgehead atoms. The summed E-state index contributed by atoms with van der Waals surface area (Å²) in [5.41, 5.74) is 15.5. The van der Waals surface area contributed by atoms with E-state index in [2.05, 4.69) is 9.97 Å². The second kappa shape index (κ2) is 4.70. The van der Waals surface area contributed by atoms with Crippen LogP contribution in [0.5, 0.6) is 5.75 Å². The first kappa shape index (κ1) is 12.2. The van der Waals surface area contributed by atoms with Crippen LogP contribution in [-0.4, -0.2) is 17.1 Å². The number of nitrogens with zero attached hydrogens (tertiary/aromatic N) is 2. The Kier molecular flexibility index (Phi) is 2.87. The number of ether oxygens (including phenoxy) is 1. The van der Waals surface area contributed by atoms with E-state index in [9.17, 15) is 0 Å². The van der Waals surface area contributed by atoms with Gasteiger partial charge in [0.15, 0.2) is 0 Å². The molecule has 2 heterocycles. The van der Waals surface area contributed by atoms with Gasteiger partial charge in [-0.1, -0.05) is 12.1 Å². The molecule has 0 saturated heterocycles. The topological polar surface area (TPSA) is 87.0 Å². The molecule has 2 aromatic heterocycles. The molecule has 5 nitrogen and oxygen atoms in total. The third kappa shape index (κ3) is 2.09. The molecular weight excluding hydrogens is 252 g/mol. The van der Waals surface area contributed by atoms with E-state index in [-0.39, 0.29) is 0 Å². The number of hydrogen-bond donors (Lipinski definition) is 2. The summed E-state index contributed by atoms with van der Waals surface area (Å²) in [4.78, 5) is 8.64. The fraction of sp³-hybridized carbons (Fsp3) is 0.0667. The Morgan fingerprint density at radius 3 is 2.70 bits per heavy atom. The quantitative estimate of drug-likeness (QED) is 0.744. The first-order valence-corrected chi connectivity index (χ1v) is 6.13. The summed E-state index contributed by atoms with van der Waals surface area (Å²) in [5.74, 6) is 1.21. The van der Waals surface area contributed by atoms with Crippen molar-refractivity contribution in [3.05, 3.63) is 42.6 Å². The normalized spacial score (nSPS) is 10.7. The first-order valence-electron chi connectivity index (χ1n) is 6.13. The Morgan fingerprint density at radius 1 is 1.05 bits per heavy atom. The van der Waals surface area contributed by atoms with Crippen molar-refractivity contribution in [2.24, 2.45) is 0 Å². The molecule has 0 saturated carbocycles. The molecule has 0 unspecified atom stereocenters. The first-order chi connectivity index (χ1) is 9.67. The summed E-state index contributed by atoms with van der Waals surface area (Å²) in [6, 6.07) is 11.3. The summed E-state index contributed by atoms with van der Waals surface area (Å²) in [5, 5.41) is 0. The highest BCUT2D eigenvalue weighted by atomic mass is 16.5. The van der Waals surface area contributed by atoms with Crippen molar-refractivity contribution in [3.63, 3.8) is 0 Å². The highest BCUT2D eigenvalue weighted by Crippen LogP contribution is 2.30. The average Bonchev–Trinajstić information content (AvgIpc) is 2.46. The van der Waals surface area contributed by atoms with Crippen LogP contribution in [-0.2, 0) is 0 Å². The van der Waals surface area contributed by atoms with E-state index in [1.54, 1.807) is 19.4 Å². The van der Waals surface area contributed by atoms with Crippen molar-refractivity contribution in [1.29, 1.82) is 0 Å². The van der Waals surface area contributed by atoms with Gasteiger partial charge in [0, 0.05) is 5.56 Å². The Morgan fingerprint density at radius 2 is 1.90 bits per heavy atom. The highest BCUT2D eigenvalue weighted by Gasteiger charge is 2.08. The molecule has 0 atom stereocenters. The van der Waals surface area contributed by atoms with E-state index < -0.39 is 0 Å². The summed E-state index contributed by atoms with van der Waals surface area (Å²) in [6.45, 7) is 0. The number of benzene rings is 1. The lowest BCUT2D eigenvalue weighted by Crippen LogP contribution is -1.97. The van der Waals surface area contributed by atoms with Crippen molar-refractivity contribution < 1.29 is 4.74 Å². The minimum Gasteiger partial charge on any atom is -0.497 e. The third-order valence-electron chi connectivity index (χ3n) is 3.10. The number of methoxy groups -OCH3 is 1. The van der Waals surface area contributed by atoms with E-state index in [0.29, 0.717) is 17.0 Å². The van der Waals surface area contributed by atoms with Crippen LogP contribution < -0.4 is 16.2 Å². The van der Waals surface area contributed by atoms with Gasteiger partial charge in [0.25, 0.3) is 0 Å². The maximum atomic E-state index is 6.04. The molecule has 4 N–H and O–H groups in total. The molecular formula is C15H14N4O. The van der Waals surface area contributed by atoms with Crippen LogP contribution in [0, 0.1) is 0 Å². The minimum atomic E-state index is 0.443. The van der Waals surface area contributed by atoms with Gasteiger partial charge in [-0.05, 0) is 29.8 Å². The van der Waals surface area contributed by atoms with Gasteiger partial charge >= 0.3 is 0 Å². The SMILES string of the molecule is COc1cccc(-c2cc3ncc(N)cc3nc2N)c1. The van der Waals surface area contributed by atoms with Gasteiger partial charge in [-0.25, -0.2) is 4.98 Å². The molecule has 0 fully saturated rings. The molecule has 0 aliphatic heterocycles. The van der Waals surface area contributed by atoms with Gasteiger partial charge in [0.2, 0.25) is 0 Å². The molecule has 5 heteroatoms. The molecule has 20 heavy (non-hydrogen) atoms. The summed E-state index contributed by atoms with van der Waals surface area (Å²) in [6.07, 6.45) is 1.61. The van der Waals surface area contributed by atoms with Crippen LogP contribution >= 0.6 is 0 Å². The van der Waals surface area contributed by atoms with E-state index in [1.807, 2.05) is 30.3 Å². The van der Waals surface area contributed by atoms with Crippen LogP contribution in [0.3, 0.4) is 0 Å². The lowest BCUT2D eigenvalue weighted by atomic mass is 10.1. The monoisotopic (exact) mass is 266 g/mol. The summed E-state index contributed by atoms with van der Waals surface area (Å²) < 4.78 is 5.23. The predicted molar refractivity (Wildman–Crippen MR) is 80.4 cm³/mol. The molecule has 1 aromatic carbocycles. The Bertz CT molecular complexity index is 786. The molecule has 3 rings (SSSR count). The number of pyridine rings is 2. The second-order valence-corrected chi connectivity index (χ2v) is 4.46. The van der Waals surface area contributed by atoms with Gasteiger partial charge < -0.3 is 16.2 Å². The van der Waals surface area contributed by atoms with E-state index >= 15 is 0 Å². The minimum absolute atomic E-state index is 0.443. The van der Waals surface area contributed by atoms with Crippen LogP contribution in [0.1, 0.15) is 0 Å². The van der Waals surface area contributed by atoms with E-state index in [1.165, 1.54) is 0 Å². The van der Waals surface area contributed by atoms with Crippen LogP contribution in [0.25, 0.3) is 22.2 Å². The number of nitrogen functional groups attached to an aromatic ring is 2. The van der Waals surface area contributed by atoms with E-state index in [4.69, 9.17) is 16.2 Å². The highest BCUT2D eigenvalue weighted by molar-refractivity contribution is 5.87. The van der Waals surface area contributed by atoms with Gasteiger partial charge in [-0.2, -0.15) is 0 Å². The lowest BCUT2D eigenvalue weighted by Gasteiger charge is -2.08. The molecule has 0 aliphatic rings. The maximum absolute atomic E-state index is 6.04. The summed E-state index contributed by atoms with van der Waals surface area (Å²) >= 11 is 0. The largest absolute Gasteiger partial charge is 0.497 e. The van der Waals surface area contributed by atoms with Crippen LogP contribution in [0.4, 0.5) is 11.5 Å². The van der Waals surface area contributed by atoms with Gasteiger partial charge in [0.05, 0.1) is 30.0 Å². The Hall–Kier alpha value is -2.82. The van der Waals surface area contributed by atoms with Gasteiger partial charge in [-0.15, -0.1) is 0 Å². The van der Waals surface area contributed by atoms with Crippen molar-refractivity contribution in [3.8, 4) is 16.9 Å². The molecule has 3 aromatic rings. The number of aromatic nitrogens is 2. The number of hydrogen-bond acceptors (Lipinski definition) is 5. The van der Waals surface area contributed by atoms with Gasteiger partial charge in [0.1, 0.15) is 11.6 Å². The second-order valence-electron chi connectivity index (χ2n) is 4.46. The third-order valence-corrected chi connectivity index (χ3v) is 3.10. The molecule has 0 aliphatic carbocycles. The smallest absolute Gasteiger partial charge is 0.132 e. The standard InChI is InChI=1S/C15H14N4O/c1-20-11-4-2-3-9(5-11)12-7-13-14(19-15(12)17)6-10(16)8-18-13/h2-8H,16H2,1H3,(H2,17,19). The number of rotatable bonds is 2. The molecule has 100 valence electrons. The fourth-order valence-corrected chi connectivity index (χ4v) is 2.10. The predicted octanol–water partition coefficient (Wildman–Crippen LogP) is 2.47. The van der Waals surface area contributed by atoms with Crippen LogP contribution in [0.15, 0.2) is 42.6 Å². The zero-order chi connectivity index (χ0) is 14.1. The van der Waals surface area contributed by atoms with Crippen LogP contribution in [0.2, 0.25) is 0 Å². The number of anilines is 2. The molecule has 0 radical (unpaired) electrons. The van der Waals surface area contributed by atoms with Crippen molar-refractivity contribution in [2.75, 3.05) is 18.6 Å². The maximum Gasteiger partial charge on any atom is 0.132 e.